The fraction of sp³-hybridized carbons (Fsp3) is 0.727. The molecule has 0 saturated carbocycles. The van der Waals surface area contributed by atoms with Crippen LogP contribution in [0.1, 0.15) is 18.7 Å². The SMILES string of the molecule is CC(OP(=O)(NCCBr)NCCBr)c1cnc([N+](=O)[O-])n1CC(F)(F)F. The van der Waals surface area contributed by atoms with Crippen molar-refractivity contribution < 1.29 is 27.2 Å². The van der Waals surface area contributed by atoms with Gasteiger partial charge in [0.05, 0.1) is 0 Å². The van der Waals surface area contributed by atoms with Gasteiger partial charge < -0.3 is 10.1 Å². The second-order valence-electron chi connectivity index (χ2n) is 4.93. The Bertz CT molecular complexity index is 648. The summed E-state index contributed by atoms with van der Waals surface area (Å²) in [6, 6.07) is 0. The van der Waals surface area contributed by atoms with Crippen LogP contribution in [0.25, 0.3) is 0 Å². The minimum absolute atomic E-state index is 0.212. The Morgan fingerprint density at radius 2 is 1.92 bits per heavy atom. The average Bonchev–Trinajstić information content (AvgIpc) is 2.93. The molecule has 0 aliphatic rings. The van der Waals surface area contributed by atoms with E-state index in [2.05, 4.69) is 47.0 Å². The highest BCUT2D eigenvalue weighted by molar-refractivity contribution is 9.09. The van der Waals surface area contributed by atoms with E-state index in [0.717, 1.165) is 6.20 Å². The predicted octanol–water partition coefficient (Wildman–Crippen LogP) is 3.51. The van der Waals surface area contributed by atoms with Gasteiger partial charge in [0.25, 0.3) is 0 Å². The van der Waals surface area contributed by atoms with Gasteiger partial charge in [-0.25, -0.2) is 14.7 Å². The Labute approximate surface area is 164 Å². The van der Waals surface area contributed by atoms with Gasteiger partial charge in [-0.2, -0.15) is 13.2 Å². The van der Waals surface area contributed by atoms with E-state index in [0.29, 0.717) is 15.2 Å². The molecule has 0 saturated heterocycles. The van der Waals surface area contributed by atoms with Gasteiger partial charge >= 0.3 is 19.8 Å². The number of hydrogen-bond donors (Lipinski definition) is 2. The van der Waals surface area contributed by atoms with E-state index in [1.807, 2.05) is 0 Å². The highest BCUT2D eigenvalue weighted by atomic mass is 79.9. The number of hydrogen-bond acceptors (Lipinski definition) is 5. The van der Waals surface area contributed by atoms with Crippen molar-refractivity contribution in [2.45, 2.75) is 25.7 Å². The van der Waals surface area contributed by atoms with E-state index in [1.165, 1.54) is 6.92 Å². The lowest BCUT2D eigenvalue weighted by atomic mass is 10.3. The molecule has 1 aromatic heterocycles. The molecule has 1 atom stereocenters. The van der Waals surface area contributed by atoms with Crippen LogP contribution >= 0.6 is 39.5 Å². The molecule has 0 aromatic carbocycles. The lowest BCUT2D eigenvalue weighted by Crippen LogP contribution is -2.28. The summed E-state index contributed by atoms with van der Waals surface area (Å²) in [6.45, 7) is 0.259. The molecule has 1 aromatic rings. The van der Waals surface area contributed by atoms with Crippen LogP contribution in [0.15, 0.2) is 6.20 Å². The number of rotatable bonds is 11. The van der Waals surface area contributed by atoms with Crippen LogP contribution in [-0.2, 0) is 15.6 Å². The fourth-order valence-electron chi connectivity index (χ4n) is 1.98. The molecule has 9 nitrogen and oxygen atoms in total. The zero-order valence-electron chi connectivity index (χ0n) is 13.5. The first-order chi connectivity index (χ1) is 12.0. The van der Waals surface area contributed by atoms with E-state index in [1.54, 1.807) is 0 Å². The number of alkyl halides is 5. The molecule has 0 spiro atoms. The largest absolute Gasteiger partial charge is 0.435 e. The molecule has 0 bridgehead atoms. The molecule has 26 heavy (non-hydrogen) atoms. The standard InChI is InChI=1S/C11H17Br2F3N5O4P/c1-8(25-26(24,18-4-2-12)19-5-3-13)9-6-17-10(21(22)23)20(9)7-11(14,15)16/h6,8H,2-5,7H2,1H3,(H2,18,19,24). The summed E-state index contributed by atoms with van der Waals surface area (Å²) in [4.78, 5) is 13.3. The second kappa shape index (κ2) is 10.1. The molecule has 0 radical (unpaired) electrons. The molecule has 2 N–H and O–H groups in total. The Kier molecular flexibility index (Phi) is 9.16. The molecular weight excluding hydrogens is 514 g/mol. The number of nitro groups is 1. The molecule has 150 valence electrons. The van der Waals surface area contributed by atoms with Crippen molar-refractivity contribution in [2.24, 2.45) is 0 Å². The van der Waals surface area contributed by atoms with Crippen molar-refractivity contribution in [3.05, 3.63) is 22.0 Å². The summed E-state index contributed by atoms with van der Waals surface area (Å²) in [5.74, 6) is -0.968. The minimum atomic E-state index is -4.70. The van der Waals surface area contributed by atoms with Crippen molar-refractivity contribution in [1.29, 1.82) is 0 Å². The number of halogens is 5. The van der Waals surface area contributed by atoms with Crippen LogP contribution < -0.4 is 10.2 Å². The van der Waals surface area contributed by atoms with Crippen molar-refractivity contribution in [1.82, 2.24) is 19.7 Å². The first-order valence-corrected chi connectivity index (χ1v) is 11.1. The number of nitrogens with zero attached hydrogens (tertiary/aromatic N) is 3. The third-order valence-electron chi connectivity index (χ3n) is 2.92. The topological polar surface area (TPSA) is 111 Å². The van der Waals surface area contributed by atoms with Gasteiger partial charge in [-0.1, -0.05) is 36.8 Å². The van der Waals surface area contributed by atoms with Crippen LogP contribution in [0, 0.1) is 10.1 Å². The zero-order valence-corrected chi connectivity index (χ0v) is 17.6. The maximum Gasteiger partial charge on any atom is 0.435 e. The van der Waals surface area contributed by atoms with Gasteiger partial charge in [0.2, 0.25) is 0 Å². The maximum absolute atomic E-state index is 12.8. The second-order valence-corrected chi connectivity index (χ2v) is 8.47. The Morgan fingerprint density at radius 3 is 2.35 bits per heavy atom. The molecule has 0 fully saturated rings. The Hall–Kier alpha value is -0.530. The van der Waals surface area contributed by atoms with Crippen molar-refractivity contribution in [2.75, 3.05) is 23.7 Å². The van der Waals surface area contributed by atoms with E-state index >= 15 is 0 Å². The third kappa shape index (κ3) is 7.24. The molecule has 1 unspecified atom stereocenters. The molecule has 1 rings (SSSR count). The van der Waals surface area contributed by atoms with Gasteiger partial charge in [-0.15, -0.1) is 0 Å². The molecule has 0 aliphatic heterocycles. The van der Waals surface area contributed by atoms with E-state index in [-0.39, 0.29) is 18.8 Å². The van der Waals surface area contributed by atoms with Crippen LogP contribution in [0.4, 0.5) is 19.1 Å². The van der Waals surface area contributed by atoms with Gasteiger partial charge in [-0.05, 0) is 11.8 Å². The van der Waals surface area contributed by atoms with Gasteiger partial charge in [-0.3, -0.25) is 9.09 Å². The fourth-order valence-corrected chi connectivity index (χ4v) is 4.61. The highest BCUT2D eigenvalue weighted by Gasteiger charge is 2.38. The smallest absolute Gasteiger partial charge is 0.390 e. The minimum Gasteiger partial charge on any atom is -0.390 e. The lowest BCUT2D eigenvalue weighted by molar-refractivity contribution is -0.397. The first kappa shape index (κ1) is 23.5. The van der Waals surface area contributed by atoms with Crippen molar-refractivity contribution >= 4 is 45.5 Å². The van der Waals surface area contributed by atoms with Crippen LogP contribution in [0.2, 0.25) is 0 Å². The first-order valence-electron chi connectivity index (χ1n) is 7.20. The lowest BCUT2D eigenvalue weighted by Gasteiger charge is -2.23. The molecule has 15 heteroatoms. The molecule has 0 aliphatic carbocycles. The van der Waals surface area contributed by atoms with E-state index in [4.69, 9.17) is 4.52 Å². The summed E-state index contributed by atoms with van der Waals surface area (Å²) in [7, 11) is -3.61. The maximum atomic E-state index is 12.8. The molecular formula is C11H17Br2F3N5O4P. The highest BCUT2D eigenvalue weighted by Crippen LogP contribution is 2.43. The average molecular weight is 531 g/mol. The predicted molar refractivity (Wildman–Crippen MR) is 95.6 cm³/mol. The molecule has 0 amide bonds. The Balaban J connectivity index is 3.12. The van der Waals surface area contributed by atoms with E-state index < -0.39 is 37.4 Å². The third-order valence-corrected chi connectivity index (χ3v) is 5.60. The van der Waals surface area contributed by atoms with Crippen LogP contribution in [0.3, 0.4) is 0 Å². The van der Waals surface area contributed by atoms with Gasteiger partial charge in [0.15, 0.2) is 6.54 Å². The summed E-state index contributed by atoms with van der Waals surface area (Å²) >= 11 is 6.31. The van der Waals surface area contributed by atoms with Crippen molar-refractivity contribution in [3.63, 3.8) is 0 Å². The van der Waals surface area contributed by atoms with Crippen LogP contribution in [0.5, 0.6) is 0 Å². The zero-order chi connectivity index (χ0) is 20.0. The Morgan fingerprint density at radius 1 is 1.38 bits per heavy atom. The molecule has 1 heterocycles. The quantitative estimate of drug-likeness (QED) is 0.195. The van der Waals surface area contributed by atoms with Gasteiger partial charge in [0, 0.05) is 23.7 Å². The summed E-state index contributed by atoms with van der Waals surface area (Å²) in [6.07, 6.45) is -4.95. The van der Waals surface area contributed by atoms with Crippen LogP contribution in [-0.4, -0.2) is 44.4 Å². The normalized spacial score (nSPS) is 13.8. The van der Waals surface area contributed by atoms with E-state index in [9.17, 15) is 27.9 Å². The van der Waals surface area contributed by atoms with Crippen molar-refractivity contribution in [3.8, 4) is 0 Å². The summed E-state index contributed by atoms with van der Waals surface area (Å²) in [5, 5.41) is 17.2. The van der Waals surface area contributed by atoms with Gasteiger partial charge in [0.1, 0.15) is 18.0 Å². The summed E-state index contributed by atoms with van der Waals surface area (Å²) < 4.78 is 56.9. The number of imidazole rings is 1. The monoisotopic (exact) mass is 529 g/mol. The summed E-state index contributed by atoms with van der Waals surface area (Å²) in [5.41, 5.74) is -0.212. The number of nitrogens with one attached hydrogen (secondary N) is 2. The number of aromatic nitrogens is 2.